The third-order valence-electron chi connectivity index (χ3n) is 3.61. The molecule has 1 fully saturated rings. The molecular formula is C15H18ClFN2O2. The lowest BCUT2D eigenvalue weighted by atomic mass is 10.0. The Morgan fingerprint density at radius 3 is 2.62 bits per heavy atom. The number of hydrogen-bond acceptors (Lipinski definition) is 2. The van der Waals surface area contributed by atoms with Crippen LogP contribution in [0.2, 0.25) is 5.02 Å². The highest BCUT2D eigenvalue weighted by Gasteiger charge is 2.56. The van der Waals surface area contributed by atoms with Gasteiger partial charge in [-0.25, -0.2) is 4.39 Å². The highest BCUT2D eigenvalue weighted by molar-refractivity contribution is 6.31. The quantitative estimate of drug-likeness (QED) is 0.626. The van der Waals surface area contributed by atoms with Crippen LogP contribution in [0.1, 0.15) is 32.6 Å². The average Bonchev–Trinajstić information content (AvgIpc) is 3.25. The standard InChI is InChI=1S/C15H18ClFN2O2/c1-2-3-8-18-13(20)15(6-7-15)14(21)19-10-4-5-12(17)11(16)9-10/h4-5,9H,2-3,6-8H2,1H3,(H,18,20)(H,19,21). The van der Waals surface area contributed by atoms with E-state index in [-0.39, 0.29) is 16.8 Å². The molecule has 0 unspecified atom stereocenters. The van der Waals surface area contributed by atoms with E-state index in [1.807, 2.05) is 6.92 Å². The predicted molar refractivity (Wildman–Crippen MR) is 79.6 cm³/mol. The van der Waals surface area contributed by atoms with Gasteiger partial charge in [-0.2, -0.15) is 0 Å². The summed E-state index contributed by atoms with van der Waals surface area (Å²) >= 11 is 5.67. The second kappa shape index (κ2) is 6.43. The lowest BCUT2D eigenvalue weighted by molar-refractivity contribution is -0.134. The third-order valence-corrected chi connectivity index (χ3v) is 3.90. The first-order chi connectivity index (χ1) is 9.99. The Morgan fingerprint density at radius 1 is 1.33 bits per heavy atom. The molecule has 0 radical (unpaired) electrons. The summed E-state index contributed by atoms with van der Waals surface area (Å²) in [5, 5.41) is 5.36. The third kappa shape index (κ3) is 3.53. The van der Waals surface area contributed by atoms with Crippen molar-refractivity contribution in [3.8, 4) is 0 Å². The summed E-state index contributed by atoms with van der Waals surface area (Å²) in [7, 11) is 0. The Bertz CT molecular complexity index is 559. The van der Waals surface area contributed by atoms with E-state index in [1.165, 1.54) is 18.2 Å². The van der Waals surface area contributed by atoms with Crippen LogP contribution in [0.3, 0.4) is 0 Å². The predicted octanol–water partition coefficient (Wildman–Crippen LogP) is 3.11. The fourth-order valence-corrected chi connectivity index (χ4v) is 2.24. The fourth-order valence-electron chi connectivity index (χ4n) is 2.05. The first kappa shape index (κ1) is 15.8. The highest BCUT2D eigenvalue weighted by Crippen LogP contribution is 2.46. The van der Waals surface area contributed by atoms with Crippen molar-refractivity contribution < 1.29 is 14.0 Å². The second-order valence-electron chi connectivity index (χ2n) is 5.27. The summed E-state index contributed by atoms with van der Waals surface area (Å²) in [4.78, 5) is 24.4. The topological polar surface area (TPSA) is 58.2 Å². The maximum absolute atomic E-state index is 13.1. The smallest absolute Gasteiger partial charge is 0.240 e. The Balaban J connectivity index is 1.99. The van der Waals surface area contributed by atoms with Crippen molar-refractivity contribution in [2.75, 3.05) is 11.9 Å². The number of halogens is 2. The molecular weight excluding hydrogens is 295 g/mol. The summed E-state index contributed by atoms with van der Waals surface area (Å²) < 4.78 is 13.1. The van der Waals surface area contributed by atoms with Crippen LogP contribution >= 0.6 is 11.6 Å². The molecule has 114 valence electrons. The molecule has 1 aromatic rings. The number of carbonyl (C=O) groups is 2. The number of anilines is 1. The summed E-state index contributed by atoms with van der Waals surface area (Å²) in [6.45, 7) is 2.61. The monoisotopic (exact) mass is 312 g/mol. The molecule has 0 spiro atoms. The van der Waals surface area contributed by atoms with E-state index in [0.29, 0.717) is 25.1 Å². The van der Waals surface area contributed by atoms with Gasteiger partial charge in [0.2, 0.25) is 11.8 Å². The SMILES string of the molecule is CCCCNC(=O)C1(C(=O)Nc2ccc(F)c(Cl)c2)CC1. The number of carbonyl (C=O) groups excluding carboxylic acids is 2. The molecule has 2 rings (SSSR count). The minimum atomic E-state index is -0.978. The van der Waals surface area contributed by atoms with Crippen molar-refractivity contribution in [3.05, 3.63) is 29.0 Å². The Labute approximate surface area is 128 Å². The zero-order chi connectivity index (χ0) is 15.5. The van der Waals surface area contributed by atoms with Crippen LogP contribution in [-0.2, 0) is 9.59 Å². The van der Waals surface area contributed by atoms with Crippen LogP contribution < -0.4 is 10.6 Å². The molecule has 6 heteroatoms. The Kier molecular flexibility index (Phi) is 4.83. The van der Waals surface area contributed by atoms with E-state index in [9.17, 15) is 14.0 Å². The molecule has 2 amide bonds. The van der Waals surface area contributed by atoms with Crippen LogP contribution in [0.5, 0.6) is 0 Å². The van der Waals surface area contributed by atoms with E-state index in [2.05, 4.69) is 10.6 Å². The molecule has 0 bridgehead atoms. The van der Waals surface area contributed by atoms with Crippen LogP contribution in [0.15, 0.2) is 18.2 Å². The first-order valence-corrected chi connectivity index (χ1v) is 7.42. The van der Waals surface area contributed by atoms with Gasteiger partial charge in [-0.15, -0.1) is 0 Å². The molecule has 21 heavy (non-hydrogen) atoms. The molecule has 0 aliphatic heterocycles. The van der Waals surface area contributed by atoms with Gasteiger partial charge < -0.3 is 10.6 Å². The Morgan fingerprint density at radius 2 is 2.05 bits per heavy atom. The lowest BCUT2D eigenvalue weighted by Crippen LogP contribution is -2.40. The normalized spacial score (nSPS) is 15.4. The van der Waals surface area contributed by atoms with Gasteiger partial charge in [-0.1, -0.05) is 24.9 Å². The molecule has 4 nitrogen and oxygen atoms in total. The van der Waals surface area contributed by atoms with E-state index < -0.39 is 11.2 Å². The second-order valence-corrected chi connectivity index (χ2v) is 5.68. The van der Waals surface area contributed by atoms with Crippen molar-refractivity contribution in [1.29, 1.82) is 0 Å². The number of benzene rings is 1. The molecule has 1 saturated carbocycles. The number of hydrogen-bond donors (Lipinski definition) is 2. The zero-order valence-electron chi connectivity index (χ0n) is 11.8. The highest BCUT2D eigenvalue weighted by atomic mass is 35.5. The minimum Gasteiger partial charge on any atom is -0.355 e. The van der Waals surface area contributed by atoms with E-state index in [1.54, 1.807) is 0 Å². The van der Waals surface area contributed by atoms with Gasteiger partial charge >= 0.3 is 0 Å². The van der Waals surface area contributed by atoms with Crippen molar-refractivity contribution in [2.45, 2.75) is 32.6 Å². The summed E-state index contributed by atoms with van der Waals surface area (Å²) in [6, 6.07) is 3.93. The van der Waals surface area contributed by atoms with Crippen molar-refractivity contribution >= 4 is 29.1 Å². The van der Waals surface area contributed by atoms with Crippen LogP contribution in [0.4, 0.5) is 10.1 Å². The minimum absolute atomic E-state index is 0.0648. The van der Waals surface area contributed by atoms with Crippen LogP contribution in [0, 0.1) is 11.2 Å². The van der Waals surface area contributed by atoms with Gasteiger partial charge in [-0.3, -0.25) is 9.59 Å². The van der Waals surface area contributed by atoms with Gasteiger partial charge in [0, 0.05) is 12.2 Å². The van der Waals surface area contributed by atoms with E-state index in [4.69, 9.17) is 11.6 Å². The van der Waals surface area contributed by atoms with Crippen LogP contribution in [-0.4, -0.2) is 18.4 Å². The largest absolute Gasteiger partial charge is 0.355 e. The average molecular weight is 313 g/mol. The molecule has 0 atom stereocenters. The Hall–Kier alpha value is -1.62. The number of nitrogens with one attached hydrogen (secondary N) is 2. The summed E-state index contributed by atoms with van der Waals surface area (Å²) in [6.07, 6.45) is 2.93. The molecule has 0 heterocycles. The molecule has 0 aromatic heterocycles. The van der Waals surface area contributed by atoms with Gasteiger partial charge in [0.15, 0.2) is 0 Å². The number of unbranched alkanes of at least 4 members (excludes halogenated alkanes) is 1. The molecule has 0 saturated heterocycles. The van der Waals surface area contributed by atoms with Gasteiger partial charge in [0.1, 0.15) is 11.2 Å². The maximum Gasteiger partial charge on any atom is 0.240 e. The van der Waals surface area contributed by atoms with Crippen molar-refractivity contribution in [1.82, 2.24) is 5.32 Å². The molecule has 2 N–H and O–H groups in total. The maximum atomic E-state index is 13.1. The van der Waals surface area contributed by atoms with E-state index in [0.717, 1.165) is 12.8 Å². The lowest BCUT2D eigenvalue weighted by Gasteiger charge is -2.15. The van der Waals surface area contributed by atoms with Crippen molar-refractivity contribution in [3.63, 3.8) is 0 Å². The van der Waals surface area contributed by atoms with Crippen molar-refractivity contribution in [2.24, 2.45) is 5.41 Å². The fraction of sp³-hybridized carbons (Fsp3) is 0.467. The molecule has 1 aliphatic rings. The van der Waals surface area contributed by atoms with Crippen LogP contribution in [0.25, 0.3) is 0 Å². The summed E-state index contributed by atoms with van der Waals surface area (Å²) in [5.74, 6) is -1.14. The number of rotatable bonds is 6. The van der Waals surface area contributed by atoms with Gasteiger partial charge in [0.25, 0.3) is 0 Å². The first-order valence-electron chi connectivity index (χ1n) is 7.04. The van der Waals surface area contributed by atoms with E-state index >= 15 is 0 Å². The summed E-state index contributed by atoms with van der Waals surface area (Å²) in [5.41, 5.74) is -0.590. The van der Waals surface area contributed by atoms with Gasteiger partial charge in [-0.05, 0) is 37.5 Å². The molecule has 1 aromatic carbocycles. The van der Waals surface area contributed by atoms with Gasteiger partial charge in [0.05, 0.1) is 5.02 Å². The zero-order valence-corrected chi connectivity index (χ0v) is 12.6. The molecule has 1 aliphatic carbocycles. The number of amides is 2.